The molecule has 0 unspecified atom stereocenters. The van der Waals surface area contributed by atoms with Crippen LogP contribution in [-0.2, 0) is 22.6 Å². The van der Waals surface area contributed by atoms with Gasteiger partial charge in [0.15, 0.2) is 9.84 Å². The van der Waals surface area contributed by atoms with Crippen LogP contribution in [0.25, 0.3) is 22.2 Å². The van der Waals surface area contributed by atoms with Crippen molar-refractivity contribution in [2.24, 2.45) is 7.05 Å². The van der Waals surface area contributed by atoms with Crippen molar-refractivity contribution in [2.75, 3.05) is 0 Å². The number of fused-ring (bicyclic) bond motifs is 1. The summed E-state index contributed by atoms with van der Waals surface area (Å²) in [6.07, 6.45) is 0. The molecule has 1 heterocycles. The molecule has 3 nitrogen and oxygen atoms in total. The molecule has 0 aliphatic heterocycles. The van der Waals surface area contributed by atoms with Gasteiger partial charge in [-0.15, -0.1) is 0 Å². The number of benzene rings is 3. The molecule has 0 amide bonds. The van der Waals surface area contributed by atoms with Crippen LogP contribution in [0.3, 0.4) is 0 Å². The first kappa shape index (κ1) is 17.6. The van der Waals surface area contributed by atoms with Gasteiger partial charge in [-0.25, -0.2) is 8.42 Å². The number of sulfone groups is 1. The van der Waals surface area contributed by atoms with E-state index in [0.717, 1.165) is 33.3 Å². The Hall–Kier alpha value is -2.85. The van der Waals surface area contributed by atoms with Crippen molar-refractivity contribution < 1.29 is 8.42 Å². The summed E-state index contributed by atoms with van der Waals surface area (Å²) >= 11 is 0. The molecule has 0 atom stereocenters. The van der Waals surface area contributed by atoms with Crippen LogP contribution in [0, 0.1) is 6.92 Å². The fraction of sp³-hybridized carbons (Fsp3) is 0.130. The first-order valence-electron chi connectivity index (χ1n) is 8.88. The number of rotatable bonds is 4. The monoisotopic (exact) mass is 375 g/mol. The number of aromatic nitrogens is 1. The van der Waals surface area contributed by atoms with Gasteiger partial charge in [0.25, 0.3) is 0 Å². The van der Waals surface area contributed by atoms with E-state index in [4.69, 9.17) is 0 Å². The normalized spacial score (nSPS) is 11.8. The van der Waals surface area contributed by atoms with Gasteiger partial charge in [-0.1, -0.05) is 66.2 Å². The van der Waals surface area contributed by atoms with Crippen molar-refractivity contribution in [1.82, 2.24) is 4.57 Å². The molecule has 3 aromatic carbocycles. The number of nitrogens with zero attached hydrogens (tertiary/aromatic N) is 1. The smallest absolute Gasteiger partial charge is 0.182 e. The predicted octanol–water partition coefficient (Wildman–Crippen LogP) is 5.13. The van der Waals surface area contributed by atoms with E-state index in [1.54, 1.807) is 12.1 Å². The summed E-state index contributed by atoms with van der Waals surface area (Å²) in [7, 11) is -1.46. The number of para-hydroxylation sites is 1. The number of hydrogen-bond acceptors (Lipinski definition) is 2. The van der Waals surface area contributed by atoms with Crippen molar-refractivity contribution in [3.63, 3.8) is 0 Å². The number of hydrogen-bond donors (Lipinski definition) is 0. The maximum absolute atomic E-state index is 13.1. The van der Waals surface area contributed by atoms with Gasteiger partial charge in [0.2, 0.25) is 0 Å². The summed E-state index contributed by atoms with van der Waals surface area (Å²) in [5.41, 5.74) is 4.90. The van der Waals surface area contributed by atoms with Gasteiger partial charge in [-0.3, -0.25) is 0 Å². The van der Waals surface area contributed by atoms with E-state index in [-0.39, 0.29) is 5.75 Å². The fourth-order valence-electron chi connectivity index (χ4n) is 3.60. The summed E-state index contributed by atoms with van der Waals surface area (Å²) in [4.78, 5) is 0.361. The van der Waals surface area contributed by atoms with E-state index in [1.165, 1.54) is 0 Å². The molecule has 0 bridgehead atoms. The minimum absolute atomic E-state index is 0.0261. The topological polar surface area (TPSA) is 39.1 Å². The lowest BCUT2D eigenvalue weighted by Gasteiger charge is -2.10. The molecule has 4 aromatic rings. The second kappa shape index (κ2) is 6.71. The highest BCUT2D eigenvalue weighted by atomic mass is 32.2. The third-order valence-corrected chi connectivity index (χ3v) is 6.63. The zero-order valence-electron chi connectivity index (χ0n) is 15.4. The van der Waals surface area contributed by atoms with Gasteiger partial charge in [-0.2, -0.15) is 0 Å². The Morgan fingerprint density at radius 2 is 1.44 bits per heavy atom. The van der Waals surface area contributed by atoms with Crippen molar-refractivity contribution in [3.05, 3.63) is 90.0 Å². The highest BCUT2D eigenvalue weighted by Gasteiger charge is 2.23. The van der Waals surface area contributed by atoms with Gasteiger partial charge >= 0.3 is 0 Å². The quantitative estimate of drug-likeness (QED) is 0.496. The van der Waals surface area contributed by atoms with Crippen LogP contribution < -0.4 is 0 Å². The molecule has 136 valence electrons. The Bertz CT molecular complexity index is 1200. The molecular weight excluding hydrogens is 354 g/mol. The Morgan fingerprint density at radius 1 is 0.815 bits per heavy atom. The Kier molecular flexibility index (Phi) is 4.36. The molecule has 0 N–H and O–H groups in total. The predicted molar refractivity (Wildman–Crippen MR) is 110 cm³/mol. The van der Waals surface area contributed by atoms with E-state index in [0.29, 0.717) is 4.90 Å². The van der Waals surface area contributed by atoms with Crippen molar-refractivity contribution >= 4 is 20.7 Å². The van der Waals surface area contributed by atoms with Crippen molar-refractivity contribution in [1.29, 1.82) is 0 Å². The number of aryl methyl sites for hydroxylation is 2. The second-order valence-electron chi connectivity index (χ2n) is 6.84. The lowest BCUT2D eigenvalue weighted by molar-refractivity contribution is 0.595. The maximum Gasteiger partial charge on any atom is 0.182 e. The van der Waals surface area contributed by atoms with Crippen LogP contribution in [0.2, 0.25) is 0 Å². The Morgan fingerprint density at radius 3 is 2.15 bits per heavy atom. The molecule has 0 saturated carbocycles. The van der Waals surface area contributed by atoms with E-state index < -0.39 is 9.84 Å². The molecule has 0 radical (unpaired) electrons. The molecule has 27 heavy (non-hydrogen) atoms. The first-order chi connectivity index (χ1) is 13.0. The van der Waals surface area contributed by atoms with Crippen LogP contribution in [0.15, 0.2) is 83.8 Å². The van der Waals surface area contributed by atoms with Gasteiger partial charge < -0.3 is 4.57 Å². The second-order valence-corrected chi connectivity index (χ2v) is 8.83. The van der Waals surface area contributed by atoms with E-state index in [9.17, 15) is 8.42 Å². The van der Waals surface area contributed by atoms with Crippen LogP contribution in [0.4, 0.5) is 0 Å². The largest absolute Gasteiger partial charge is 0.343 e. The van der Waals surface area contributed by atoms with Crippen molar-refractivity contribution in [2.45, 2.75) is 17.6 Å². The molecular formula is C23H21NO2S. The van der Waals surface area contributed by atoms with Crippen LogP contribution in [-0.4, -0.2) is 13.0 Å². The summed E-state index contributed by atoms with van der Waals surface area (Å²) in [5.74, 6) is -0.0261. The van der Waals surface area contributed by atoms with E-state index in [2.05, 4.69) is 4.57 Å². The van der Waals surface area contributed by atoms with Crippen LogP contribution in [0.5, 0.6) is 0 Å². The van der Waals surface area contributed by atoms with Gasteiger partial charge in [-0.05, 0) is 30.7 Å². The van der Waals surface area contributed by atoms with Gasteiger partial charge in [0, 0.05) is 23.5 Å². The lowest BCUT2D eigenvalue weighted by Crippen LogP contribution is -2.06. The molecule has 0 aliphatic carbocycles. The fourth-order valence-corrected chi connectivity index (χ4v) is 4.99. The molecule has 0 aliphatic rings. The third-order valence-electron chi connectivity index (χ3n) is 4.97. The molecule has 0 fully saturated rings. The SMILES string of the molecule is Cc1ccc(S(=O)(=O)Cc2c(-c3ccccc3)n(C)c3ccccc23)cc1. The Labute approximate surface area is 159 Å². The van der Waals surface area contributed by atoms with E-state index in [1.807, 2.05) is 80.7 Å². The highest BCUT2D eigenvalue weighted by molar-refractivity contribution is 7.90. The molecule has 0 spiro atoms. The summed E-state index contributed by atoms with van der Waals surface area (Å²) in [6.45, 7) is 1.95. The molecule has 4 heteroatoms. The Balaban J connectivity index is 1.92. The zero-order chi connectivity index (χ0) is 19.0. The van der Waals surface area contributed by atoms with Crippen LogP contribution in [0.1, 0.15) is 11.1 Å². The lowest BCUT2D eigenvalue weighted by atomic mass is 10.1. The van der Waals surface area contributed by atoms with Crippen LogP contribution >= 0.6 is 0 Å². The highest BCUT2D eigenvalue weighted by Crippen LogP contribution is 2.35. The zero-order valence-corrected chi connectivity index (χ0v) is 16.2. The summed E-state index contributed by atoms with van der Waals surface area (Å²) in [6, 6.07) is 25.0. The molecule has 4 rings (SSSR count). The average molecular weight is 375 g/mol. The van der Waals surface area contributed by atoms with Gasteiger partial charge in [0.1, 0.15) is 0 Å². The maximum atomic E-state index is 13.1. The minimum Gasteiger partial charge on any atom is -0.343 e. The summed E-state index contributed by atoms with van der Waals surface area (Å²) < 4.78 is 28.4. The summed E-state index contributed by atoms with van der Waals surface area (Å²) in [5, 5.41) is 0.981. The average Bonchev–Trinajstić information content (AvgIpc) is 2.94. The standard InChI is InChI=1S/C23H21NO2S/c1-17-12-14-19(15-13-17)27(25,26)16-21-20-10-6-7-11-22(20)24(2)23(21)18-8-4-3-5-9-18/h3-15H,16H2,1-2H3. The third kappa shape index (κ3) is 3.17. The van der Waals surface area contributed by atoms with E-state index >= 15 is 0 Å². The minimum atomic E-state index is -3.45. The van der Waals surface area contributed by atoms with Gasteiger partial charge in [0.05, 0.1) is 16.3 Å². The van der Waals surface area contributed by atoms with Crippen molar-refractivity contribution in [3.8, 4) is 11.3 Å². The first-order valence-corrected chi connectivity index (χ1v) is 10.5. The molecule has 1 aromatic heterocycles. The molecule has 0 saturated heterocycles.